The lowest BCUT2D eigenvalue weighted by Gasteiger charge is -2.14. The third-order valence-corrected chi connectivity index (χ3v) is 4.21. The van der Waals surface area contributed by atoms with Crippen molar-refractivity contribution in [1.29, 1.82) is 0 Å². The Hall–Kier alpha value is -1.15. The van der Waals surface area contributed by atoms with E-state index in [1.54, 1.807) is 6.07 Å². The molecule has 1 atom stereocenters. The molecule has 0 radical (unpaired) electrons. The summed E-state index contributed by atoms with van der Waals surface area (Å²) in [7, 11) is 0. The van der Waals surface area contributed by atoms with Crippen LogP contribution < -0.4 is 0 Å². The van der Waals surface area contributed by atoms with E-state index in [9.17, 15) is 4.39 Å². The Labute approximate surface area is 122 Å². The molecule has 2 aromatic rings. The predicted molar refractivity (Wildman–Crippen MR) is 82.4 cm³/mol. The molecule has 0 saturated carbocycles. The zero-order valence-electron chi connectivity index (χ0n) is 11.5. The predicted octanol–water partition coefficient (Wildman–Crippen LogP) is 5.43. The smallest absolute Gasteiger partial charge is 0.127 e. The van der Waals surface area contributed by atoms with Gasteiger partial charge in [0.1, 0.15) is 5.82 Å². The first-order valence-corrected chi connectivity index (χ1v) is 7.35. The maximum Gasteiger partial charge on any atom is 0.127 e. The summed E-state index contributed by atoms with van der Waals surface area (Å²) in [5.41, 5.74) is 5.44. The average molecular weight is 321 g/mol. The van der Waals surface area contributed by atoms with Crippen molar-refractivity contribution in [1.82, 2.24) is 0 Å². The molecule has 0 fully saturated rings. The second-order valence-electron chi connectivity index (χ2n) is 5.13. The molecule has 0 aliphatic heterocycles. The fourth-order valence-corrected chi connectivity index (χ4v) is 2.93. The van der Waals surface area contributed by atoms with Gasteiger partial charge in [0.25, 0.3) is 0 Å². The lowest BCUT2D eigenvalue weighted by atomic mass is 9.98. The van der Waals surface area contributed by atoms with Crippen LogP contribution in [0.5, 0.6) is 0 Å². The first-order valence-electron chi connectivity index (χ1n) is 6.43. The molecule has 1 unspecified atom stereocenters. The van der Waals surface area contributed by atoms with Crippen molar-refractivity contribution in [2.75, 3.05) is 0 Å². The summed E-state index contributed by atoms with van der Waals surface area (Å²) >= 11 is 3.62. The van der Waals surface area contributed by atoms with Crippen molar-refractivity contribution >= 4 is 15.9 Å². The highest BCUT2D eigenvalue weighted by Crippen LogP contribution is 2.30. The molecule has 0 saturated heterocycles. The molecule has 0 N–H and O–H groups in total. The number of aryl methyl sites for hydroxylation is 3. The van der Waals surface area contributed by atoms with Crippen LogP contribution in [0.3, 0.4) is 0 Å². The molecule has 0 bridgehead atoms. The van der Waals surface area contributed by atoms with Crippen molar-refractivity contribution < 1.29 is 4.39 Å². The second kappa shape index (κ2) is 5.87. The van der Waals surface area contributed by atoms with Crippen LogP contribution >= 0.6 is 15.9 Å². The quantitative estimate of drug-likeness (QED) is 0.661. The Bertz CT molecular complexity index is 590. The van der Waals surface area contributed by atoms with E-state index in [2.05, 4.69) is 48.0 Å². The van der Waals surface area contributed by atoms with E-state index in [0.29, 0.717) is 0 Å². The minimum absolute atomic E-state index is 0.00796. The Kier molecular flexibility index (Phi) is 4.41. The summed E-state index contributed by atoms with van der Waals surface area (Å²) in [6, 6.07) is 11.8. The summed E-state index contributed by atoms with van der Waals surface area (Å²) in [6.45, 7) is 6.08. The summed E-state index contributed by atoms with van der Waals surface area (Å²) in [4.78, 5) is 0.00796. The van der Waals surface area contributed by atoms with Gasteiger partial charge in [0.2, 0.25) is 0 Å². The Morgan fingerprint density at radius 3 is 2.32 bits per heavy atom. The molecule has 0 amide bonds. The summed E-state index contributed by atoms with van der Waals surface area (Å²) in [5.74, 6) is -0.132. The number of halogens is 2. The van der Waals surface area contributed by atoms with Crippen LogP contribution in [0.2, 0.25) is 0 Å². The third kappa shape index (κ3) is 3.44. The standard InChI is InChI=1S/C17H18BrF/c1-11-4-6-13(3)14(8-11)10-16(18)15-7-5-12(2)9-17(15)19/h4-9,16H,10H2,1-3H3. The second-order valence-corrected chi connectivity index (χ2v) is 6.23. The maximum absolute atomic E-state index is 14.0. The average Bonchev–Trinajstić information content (AvgIpc) is 2.33. The topological polar surface area (TPSA) is 0 Å². The van der Waals surface area contributed by atoms with Crippen molar-refractivity contribution in [2.24, 2.45) is 0 Å². The molecule has 0 aromatic heterocycles. The van der Waals surface area contributed by atoms with E-state index >= 15 is 0 Å². The van der Waals surface area contributed by atoms with Crippen LogP contribution in [-0.2, 0) is 6.42 Å². The van der Waals surface area contributed by atoms with Gasteiger partial charge >= 0.3 is 0 Å². The van der Waals surface area contributed by atoms with E-state index in [1.807, 2.05) is 19.1 Å². The summed E-state index contributed by atoms with van der Waals surface area (Å²) in [5, 5.41) is 0. The zero-order valence-corrected chi connectivity index (χ0v) is 13.1. The Morgan fingerprint density at radius 2 is 1.63 bits per heavy atom. The van der Waals surface area contributed by atoms with Gasteiger partial charge < -0.3 is 0 Å². The van der Waals surface area contributed by atoms with Crippen LogP contribution in [-0.4, -0.2) is 0 Å². The van der Waals surface area contributed by atoms with Crippen molar-refractivity contribution in [3.63, 3.8) is 0 Å². The van der Waals surface area contributed by atoms with Gasteiger partial charge in [0.05, 0.1) is 0 Å². The Balaban J connectivity index is 2.25. The number of benzene rings is 2. The van der Waals surface area contributed by atoms with Crippen LogP contribution in [0.1, 0.15) is 32.6 Å². The van der Waals surface area contributed by atoms with Gasteiger partial charge in [0, 0.05) is 10.4 Å². The van der Waals surface area contributed by atoms with Crippen LogP contribution in [0, 0.1) is 26.6 Å². The molecule has 100 valence electrons. The normalized spacial score (nSPS) is 12.5. The molecular formula is C17H18BrF. The molecule has 0 nitrogen and oxygen atoms in total. The molecular weight excluding hydrogens is 303 g/mol. The van der Waals surface area contributed by atoms with Crippen molar-refractivity contribution in [2.45, 2.75) is 32.0 Å². The number of hydrogen-bond acceptors (Lipinski definition) is 0. The minimum Gasteiger partial charge on any atom is -0.207 e. The van der Waals surface area contributed by atoms with Gasteiger partial charge in [-0.3, -0.25) is 0 Å². The van der Waals surface area contributed by atoms with Gasteiger partial charge in [-0.1, -0.05) is 51.8 Å². The van der Waals surface area contributed by atoms with Gasteiger partial charge in [-0.2, -0.15) is 0 Å². The molecule has 2 aromatic carbocycles. The molecule has 2 heteroatoms. The van der Waals surface area contributed by atoms with E-state index in [4.69, 9.17) is 0 Å². The number of rotatable bonds is 3. The molecule has 0 spiro atoms. The van der Waals surface area contributed by atoms with Crippen LogP contribution in [0.4, 0.5) is 4.39 Å². The minimum atomic E-state index is -0.132. The SMILES string of the molecule is Cc1ccc(C(Br)Cc2cc(C)ccc2C)c(F)c1. The Morgan fingerprint density at radius 1 is 1.00 bits per heavy atom. The molecule has 0 heterocycles. The maximum atomic E-state index is 14.0. The van der Waals surface area contributed by atoms with Crippen LogP contribution in [0.25, 0.3) is 0 Å². The van der Waals surface area contributed by atoms with Gasteiger partial charge in [0.15, 0.2) is 0 Å². The highest BCUT2D eigenvalue weighted by molar-refractivity contribution is 9.09. The van der Waals surface area contributed by atoms with Crippen molar-refractivity contribution in [3.8, 4) is 0 Å². The highest BCUT2D eigenvalue weighted by atomic mass is 79.9. The van der Waals surface area contributed by atoms with E-state index in [0.717, 1.165) is 17.5 Å². The van der Waals surface area contributed by atoms with Crippen LogP contribution in [0.15, 0.2) is 36.4 Å². The lowest BCUT2D eigenvalue weighted by Crippen LogP contribution is -2.01. The zero-order chi connectivity index (χ0) is 14.0. The highest BCUT2D eigenvalue weighted by Gasteiger charge is 2.14. The third-order valence-electron chi connectivity index (χ3n) is 3.40. The summed E-state index contributed by atoms with van der Waals surface area (Å²) < 4.78 is 14.0. The van der Waals surface area contributed by atoms with Crippen molar-refractivity contribution in [3.05, 3.63) is 70.0 Å². The first kappa shape index (κ1) is 14.3. The van der Waals surface area contributed by atoms with E-state index < -0.39 is 0 Å². The monoisotopic (exact) mass is 320 g/mol. The molecule has 0 aliphatic carbocycles. The van der Waals surface area contributed by atoms with Gasteiger partial charge in [-0.05, 0) is 49.9 Å². The lowest BCUT2D eigenvalue weighted by molar-refractivity contribution is 0.606. The molecule has 0 aliphatic rings. The number of alkyl halides is 1. The summed E-state index contributed by atoms with van der Waals surface area (Å²) in [6.07, 6.45) is 0.799. The fraction of sp³-hybridized carbons (Fsp3) is 0.294. The number of hydrogen-bond donors (Lipinski definition) is 0. The van der Waals surface area contributed by atoms with E-state index in [-0.39, 0.29) is 10.6 Å². The molecule has 19 heavy (non-hydrogen) atoms. The molecule has 2 rings (SSSR count). The first-order chi connectivity index (χ1) is 8.97. The van der Waals surface area contributed by atoms with Gasteiger partial charge in [-0.25, -0.2) is 4.39 Å². The van der Waals surface area contributed by atoms with E-state index in [1.165, 1.54) is 16.7 Å². The fourth-order valence-electron chi connectivity index (χ4n) is 2.21. The largest absolute Gasteiger partial charge is 0.207 e. The van der Waals surface area contributed by atoms with Gasteiger partial charge in [-0.15, -0.1) is 0 Å².